The van der Waals surface area contributed by atoms with Gasteiger partial charge in [-0.25, -0.2) is 0 Å². The lowest BCUT2D eigenvalue weighted by Gasteiger charge is -2.12. The summed E-state index contributed by atoms with van der Waals surface area (Å²) in [6.07, 6.45) is 0.872. The molecule has 0 aliphatic heterocycles. The molecular weight excluding hydrogens is 242 g/mol. The van der Waals surface area contributed by atoms with Crippen LogP contribution in [-0.2, 0) is 6.54 Å². The summed E-state index contributed by atoms with van der Waals surface area (Å²) in [7, 11) is 1.41. The van der Waals surface area contributed by atoms with Crippen molar-refractivity contribution in [1.29, 1.82) is 0 Å². The van der Waals surface area contributed by atoms with Crippen LogP contribution in [0.25, 0.3) is 0 Å². The Balaban J connectivity index is 2.63. The minimum Gasteiger partial charge on any atom is -0.493 e. The monoisotopic (exact) mass is 260 g/mol. The molecule has 0 saturated heterocycles. The number of nitrogens with one attached hydrogen (secondary N) is 1. The average molecular weight is 260 g/mol. The molecule has 0 heterocycles. The van der Waals surface area contributed by atoms with E-state index in [1.165, 1.54) is 7.11 Å². The minimum atomic E-state index is -2.86. The Morgan fingerprint density at radius 3 is 2.72 bits per heavy atom. The van der Waals surface area contributed by atoms with E-state index < -0.39 is 6.61 Å². The van der Waals surface area contributed by atoms with Crippen LogP contribution in [0.2, 0.25) is 0 Å². The molecule has 6 heteroatoms. The van der Waals surface area contributed by atoms with Crippen molar-refractivity contribution in [3.8, 4) is 11.5 Å². The molecule has 0 atom stereocenters. The first-order valence-electron chi connectivity index (χ1n) is 5.70. The van der Waals surface area contributed by atoms with Gasteiger partial charge in [0.15, 0.2) is 11.5 Å². The van der Waals surface area contributed by atoms with Crippen LogP contribution in [0.4, 0.5) is 8.78 Å². The molecule has 0 radical (unpaired) electrons. The Hall–Kier alpha value is -1.40. The molecule has 4 nitrogen and oxygen atoms in total. The summed E-state index contributed by atoms with van der Waals surface area (Å²) in [5.74, 6) is 0.339. The van der Waals surface area contributed by atoms with Gasteiger partial charge in [-0.3, -0.25) is 0 Å². The molecule has 0 spiro atoms. The van der Waals surface area contributed by atoms with Crippen LogP contribution < -0.4 is 20.5 Å². The zero-order chi connectivity index (χ0) is 13.4. The van der Waals surface area contributed by atoms with Crippen LogP contribution in [0.3, 0.4) is 0 Å². The smallest absolute Gasteiger partial charge is 0.387 e. The average Bonchev–Trinajstić information content (AvgIpc) is 2.34. The molecule has 1 aromatic rings. The van der Waals surface area contributed by atoms with Gasteiger partial charge >= 0.3 is 6.61 Å². The van der Waals surface area contributed by atoms with Crippen LogP contribution in [0, 0.1) is 0 Å². The second-order valence-corrected chi connectivity index (χ2v) is 3.68. The molecule has 102 valence electrons. The first kappa shape index (κ1) is 14.7. The van der Waals surface area contributed by atoms with Crippen molar-refractivity contribution < 1.29 is 18.3 Å². The molecule has 0 aliphatic carbocycles. The van der Waals surface area contributed by atoms with Gasteiger partial charge in [0.25, 0.3) is 0 Å². The first-order valence-corrected chi connectivity index (χ1v) is 5.70. The molecule has 18 heavy (non-hydrogen) atoms. The van der Waals surface area contributed by atoms with Crippen molar-refractivity contribution in [1.82, 2.24) is 5.32 Å². The fraction of sp³-hybridized carbons (Fsp3) is 0.500. The molecule has 1 rings (SSSR count). The molecule has 0 aromatic heterocycles. The molecule has 0 fully saturated rings. The van der Waals surface area contributed by atoms with Gasteiger partial charge in [-0.15, -0.1) is 0 Å². The first-order chi connectivity index (χ1) is 8.67. The highest BCUT2D eigenvalue weighted by atomic mass is 19.3. The lowest BCUT2D eigenvalue weighted by atomic mass is 10.2. The van der Waals surface area contributed by atoms with Crippen molar-refractivity contribution in [3.05, 3.63) is 23.8 Å². The van der Waals surface area contributed by atoms with Gasteiger partial charge in [0, 0.05) is 6.54 Å². The Bertz CT molecular complexity index is 362. The van der Waals surface area contributed by atoms with Crippen LogP contribution in [-0.4, -0.2) is 26.8 Å². The van der Waals surface area contributed by atoms with E-state index in [2.05, 4.69) is 10.1 Å². The second-order valence-electron chi connectivity index (χ2n) is 3.68. The molecule has 0 unspecified atom stereocenters. The Kier molecular flexibility index (Phi) is 6.38. The Labute approximate surface area is 105 Å². The summed E-state index contributed by atoms with van der Waals surface area (Å²) in [6.45, 7) is -0.883. The predicted octanol–water partition coefficient (Wildman–Crippen LogP) is 1.73. The molecule has 0 aliphatic rings. The highest BCUT2D eigenvalue weighted by Crippen LogP contribution is 2.29. The van der Waals surface area contributed by atoms with Crippen LogP contribution >= 0.6 is 0 Å². The summed E-state index contributed by atoms with van der Waals surface area (Å²) >= 11 is 0. The van der Waals surface area contributed by atoms with Gasteiger partial charge in [0.1, 0.15) is 0 Å². The topological polar surface area (TPSA) is 56.5 Å². The van der Waals surface area contributed by atoms with E-state index in [-0.39, 0.29) is 5.75 Å². The highest BCUT2D eigenvalue weighted by molar-refractivity contribution is 5.42. The third-order valence-electron chi connectivity index (χ3n) is 2.33. The van der Waals surface area contributed by atoms with Crippen LogP contribution in [0.5, 0.6) is 11.5 Å². The molecule has 1 aromatic carbocycles. The maximum Gasteiger partial charge on any atom is 0.387 e. The van der Waals surface area contributed by atoms with Gasteiger partial charge in [-0.05, 0) is 37.2 Å². The van der Waals surface area contributed by atoms with Crippen molar-refractivity contribution in [2.45, 2.75) is 19.6 Å². The minimum absolute atomic E-state index is 0.0469. The van der Waals surface area contributed by atoms with Crippen LogP contribution in [0.1, 0.15) is 12.0 Å². The number of alkyl halides is 2. The number of benzene rings is 1. The van der Waals surface area contributed by atoms with E-state index in [0.29, 0.717) is 18.8 Å². The van der Waals surface area contributed by atoms with E-state index in [4.69, 9.17) is 10.5 Å². The van der Waals surface area contributed by atoms with E-state index in [9.17, 15) is 8.78 Å². The summed E-state index contributed by atoms with van der Waals surface area (Å²) < 4.78 is 33.8. The van der Waals surface area contributed by atoms with Gasteiger partial charge < -0.3 is 20.5 Å². The molecule has 0 bridgehead atoms. The Morgan fingerprint density at radius 2 is 2.11 bits per heavy atom. The summed E-state index contributed by atoms with van der Waals surface area (Å²) in [6, 6.07) is 4.95. The number of hydrogen-bond donors (Lipinski definition) is 2. The molecule has 3 N–H and O–H groups in total. The number of ether oxygens (including phenoxy) is 2. The number of hydrogen-bond acceptors (Lipinski definition) is 4. The SMILES string of the molecule is COc1ccc(CNCCCN)cc1OC(F)F. The maximum absolute atomic E-state index is 12.2. The predicted molar refractivity (Wildman–Crippen MR) is 65.0 cm³/mol. The second kappa shape index (κ2) is 7.84. The van der Waals surface area contributed by atoms with Gasteiger partial charge in [-0.1, -0.05) is 6.07 Å². The summed E-state index contributed by atoms with van der Waals surface area (Å²) in [4.78, 5) is 0. The lowest BCUT2D eigenvalue weighted by molar-refractivity contribution is -0.0512. The number of rotatable bonds is 8. The van der Waals surface area contributed by atoms with Crippen LogP contribution in [0.15, 0.2) is 18.2 Å². The van der Waals surface area contributed by atoms with Crippen molar-refractivity contribution in [3.63, 3.8) is 0 Å². The lowest BCUT2D eigenvalue weighted by Crippen LogP contribution is -2.17. The summed E-state index contributed by atoms with van der Waals surface area (Å²) in [5.41, 5.74) is 6.22. The van der Waals surface area contributed by atoms with E-state index in [1.54, 1.807) is 18.2 Å². The van der Waals surface area contributed by atoms with Crippen molar-refractivity contribution in [2.24, 2.45) is 5.73 Å². The Morgan fingerprint density at radius 1 is 1.33 bits per heavy atom. The van der Waals surface area contributed by atoms with Crippen molar-refractivity contribution >= 4 is 0 Å². The van der Waals surface area contributed by atoms with E-state index >= 15 is 0 Å². The zero-order valence-corrected chi connectivity index (χ0v) is 10.3. The third kappa shape index (κ3) is 4.85. The maximum atomic E-state index is 12.2. The number of halogens is 2. The fourth-order valence-corrected chi connectivity index (χ4v) is 1.48. The quantitative estimate of drug-likeness (QED) is 0.699. The van der Waals surface area contributed by atoms with Gasteiger partial charge in [0.05, 0.1) is 7.11 Å². The zero-order valence-electron chi connectivity index (χ0n) is 10.3. The van der Waals surface area contributed by atoms with Crippen molar-refractivity contribution in [2.75, 3.05) is 20.2 Å². The standard InChI is InChI=1S/C12H18F2N2O2/c1-17-10-4-3-9(8-16-6-2-5-15)7-11(10)18-12(13)14/h3-4,7,12,16H,2,5-6,8,15H2,1H3. The van der Waals surface area contributed by atoms with Gasteiger partial charge in [0.2, 0.25) is 0 Å². The fourth-order valence-electron chi connectivity index (χ4n) is 1.48. The normalized spacial score (nSPS) is 10.7. The molecule has 0 amide bonds. The number of nitrogens with two attached hydrogens (primary N) is 1. The third-order valence-corrected chi connectivity index (χ3v) is 2.33. The van der Waals surface area contributed by atoms with E-state index in [0.717, 1.165) is 18.5 Å². The highest BCUT2D eigenvalue weighted by Gasteiger charge is 2.10. The molecule has 0 saturated carbocycles. The molecular formula is C12H18F2N2O2. The van der Waals surface area contributed by atoms with Gasteiger partial charge in [-0.2, -0.15) is 8.78 Å². The van der Waals surface area contributed by atoms with E-state index in [1.807, 2.05) is 0 Å². The summed E-state index contributed by atoms with van der Waals surface area (Å²) in [5, 5.41) is 3.16. The largest absolute Gasteiger partial charge is 0.493 e. The number of methoxy groups -OCH3 is 1.